The molecular formula is C9H16F3O3P. The molecule has 16 heavy (non-hydrogen) atoms. The van der Waals surface area contributed by atoms with Crippen LogP contribution in [-0.2, 0) is 9.09 Å². The Bertz CT molecular complexity index is 265. The first-order valence-corrected chi connectivity index (χ1v) is 6.67. The van der Waals surface area contributed by atoms with Gasteiger partial charge in [0.05, 0.1) is 0 Å². The van der Waals surface area contributed by atoms with Gasteiger partial charge < -0.3 is 4.89 Å². The second kappa shape index (κ2) is 6.42. The van der Waals surface area contributed by atoms with Crippen LogP contribution in [0.5, 0.6) is 0 Å². The molecule has 2 atom stereocenters. The van der Waals surface area contributed by atoms with E-state index in [2.05, 4.69) is 11.1 Å². The molecule has 96 valence electrons. The standard InChI is InChI=1S/C9H16F3O3P/c1-3-5-7-16(13,14)15-8(6-4-2)9(10,11)12/h4,8H,2-3,5-7H2,1H3,(H,13,14). The summed E-state index contributed by atoms with van der Waals surface area (Å²) in [6, 6.07) is 0. The monoisotopic (exact) mass is 260 g/mol. The summed E-state index contributed by atoms with van der Waals surface area (Å²) >= 11 is 0. The Morgan fingerprint density at radius 2 is 2.12 bits per heavy atom. The average molecular weight is 260 g/mol. The fourth-order valence-electron chi connectivity index (χ4n) is 0.997. The Balaban J connectivity index is 4.49. The zero-order valence-electron chi connectivity index (χ0n) is 9.04. The first-order valence-electron chi connectivity index (χ1n) is 4.90. The van der Waals surface area contributed by atoms with Crippen molar-refractivity contribution in [1.29, 1.82) is 0 Å². The third-order valence-electron chi connectivity index (χ3n) is 1.83. The Kier molecular flexibility index (Phi) is 6.30. The topological polar surface area (TPSA) is 46.5 Å². The van der Waals surface area contributed by atoms with Crippen LogP contribution in [0.1, 0.15) is 26.2 Å². The lowest BCUT2D eigenvalue weighted by molar-refractivity contribution is -0.195. The van der Waals surface area contributed by atoms with Gasteiger partial charge in [0.15, 0.2) is 6.10 Å². The van der Waals surface area contributed by atoms with Crippen molar-refractivity contribution in [3.8, 4) is 0 Å². The van der Waals surface area contributed by atoms with Gasteiger partial charge in [0.1, 0.15) is 0 Å². The van der Waals surface area contributed by atoms with Gasteiger partial charge in [-0.25, -0.2) is 0 Å². The highest BCUT2D eigenvalue weighted by Gasteiger charge is 2.43. The lowest BCUT2D eigenvalue weighted by Gasteiger charge is -2.22. The van der Waals surface area contributed by atoms with E-state index in [0.29, 0.717) is 12.8 Å². The van der Waals surface area contributed by atoms with E-state index in [1.807, 2.05) is 0 Å². The Hall–Kier alpha value is -0.320. The van der Waals surface area contributed by atoms with Crippen molar-refractivity contribution in [2.45, 2.75) is 38.5 Å². The summed E-state index contributed by atoms with van der Waals surface area (Å²) in [5.74, 6) is 0. The highest BCUT2D eigenvalue weighted by Crippen LogP contribution is 2.47. The van der Waals surface area contributed by atoms with Gasteiger partial charge in [-0.3, -0.25) is 9.09 Å². The van der Waals surface area contributed by atoms with E-state index in [9.17, 15) is 22.6 Å². The second-order valence-electron chi connectivity index (χ2n) is 3.37. The lowest BCUT2D eigenvalue weighted by atomic mass is 10.2. The number of hydrogen-bond acceptors (Lipinski definition) is 2. The van der Waals surface area contributed by atoms with Crippen LogP contribution in [0.2, 0.25) is 0 Å². The molecule has 0 aromatic heterocycles. The number of alkyl halides is 3. The van der Waals surface area contributed by atoms with Gasteiger partial charge >= 0.3 is 13.8 Å². The third kappa shape index (κ3) is 6.30. The van der Waals surface area contributed by atoms with Crippen molar-refractivity contribution in [3.05, 3.63) is 12.7 Å². The molecule has 0 amide bonds. The smallest absolute Gasteiger partial charge is 0.324 e. The van der Waals surface area contributed by atoms with Crippen molar-refractivity contribution in [1.82, 2.24) is 0 Å². The minimum Gasteiger partial charge on any atom is -0.324 e. The first-order chi connectivity index (χ1) is 7.23. The molecule has 1 N–H and O–H groups in total. The molecule has 2 unspecified atom stereocenters. The van der Waals surface area contributed by atoms with Crippen molar-refractivity contribution < 1.29 is 27.2 Å². The van der Waals surface area contributed by atoms with Crippen molar-refractivity contribution in [2.75, 3.05) is 6.16 Å². The predicted molar refractivity (Wildman–Crippen MR) is 55.3 cm³/mol. The van der Waals surface area contributed by atoms with E-state index < -0.39 is 26.3 Å². The van der Waals surface area contributed by atoms with Crippen LogP contribution in [0.15, 0.2) is 12.7 Å². The van der Waals surface area contributed by atoms with E-state index >= 15 is 0 Å². The number of rotatable bonds is 7. The maximum absolute atomic E-state index is 12.4. The fourth-order valence-corrected chi connectivity index (χ4v) is 2.42. The summed E-state index contributed by atoms with van der Waals surface area (Å²) in [6.45, 7) is 4.92. The van der Waals surface area contributed by atoms with Crippen molar-refractivity contribution >= 4 is 7.60 Å². The molecule has 0 heterocycles. The molecule has 0 fully saturated rings. The minimum atomic E-state index is -4.65. The predicted octanol–water partition coefficient (Wildman–Crippen LogP) is 3.50. The second-order valence-corrected chi connectivity index (χ2v) is 5.31. The minimum absolute atomic E-state index is 0.257. The Labute approximate surface area is 92.8 Å². The molecule has 3 nitrogen and oxygen atoms in total. The van der Waals surface area contributed by atoms with Gasteiger partial charge in [-0.2, -0.15) is 13.2 Å². The number of hydrogen-bond donors (Lipinski definition) is 1. The van der Waals surface area contributed by atoms with Crippen molar-refractivity contribution in [2.24, 2.45) is 0 Å². The van der Waals surface area contributed by atoms with E-state index in [4.69, 9.17) is 0 Å². The lowest BCUT2D eigenvalue weighted by Crippen LogP contribution is -2.30. The summed E-state index contributed by atoms with van der Waals surface area (Å²) in [7, 11) is -4.16. The van der Waals surface area contributed by atoms with E-state index in [1.54, 1.807) is 6.92 Å². The largest absolute Gasteiger partial charge is 0.415 e. The van der Waals surface area contributed by atoms with Crippen LogP contribution in [0, 0.1) is 0 Å². The van der Waals surface area contributed by atoms with Gasteiger partial charge in [0.2, 0.25) is 0 Å². The molecule has 0 aromatic carbocycles. The molecule has 0 aliphatic heterocycles. The van der Waals surface area contributed by atoms with Crippen LogP contribution in [0.25, 0.3) is 0 Å². The van der Waals surface area contributed by atoms with Crippen molar-refractivity contribution in [3.63, 3.8) is 0 Å². The zero-order chi connectivity index (χ0) is 12.8. The van der Waals surface area contributed by atoms with Gasteiger partial charge in [0, 0.05) is 12.6 Å². The van der Waals surface area contributed by atoms with Gasteiger partial charge in [0.25, 0.3) is 0 Å². The van der Waals surface area contributed by atoms with Crippen LogP contribution in [0.3, 0.4) is 0 Å². The summed E-state index contributed by atoms with van der Waals surface area (Å²) in [4.78, 5) is 9.20. The zero-order valence-corrected chi connectivity index (χ0v) is 9.93. The number of unbranched alkanes of at least 4 members (excludes halogenated alkanes) is 1. The highest BCUT2D eigenvalue weighted by atomic mass is 31.2. The van der Waals surface area contributed by atoms with Crippen LogP contribution in [0.4, 0.5) is 13.2 Å². The molecule has 0 rings (SSSR count). The number of halogens is 3. The summed E-state index contributed by atoms with van der Waals surface area (Å²) in [5, 5.41) is 0. The summed E-state index contributed by atoms with van der Waals surface area (Å²) in [5.41, 5.74) is 0. The maximum atomic E-state index is 12.4. The van der Waals surface area contributed by atoms with E-state index in [0.717, 1.165) is 6.08 Å². The molecule has 0 aromatic rings. The van der Waals surface area contributed by atoms with Gasteiger partial charge in [-0.05, 0) is 6.42 Å². The molecule has 0 bridgehead atoms. The van der Waals surface area contributed by atoms with Crippen LogP contribution in [-0.4, -0.2) is 23.3 Å². The SMILES string of the molecule is C=CCC(OP(=O)(O)CCCC)C(F)(F)F. The van der Waals surface area contributed by atoms with Crippen LogP contribution >= 0.6 is 7.60 Å². The molecule has 0 saturated carbocycles. The molecule has 0 saturated heterocycles. The summed E-state index contributed by atoms with van der Waals surface area (Å²) < 4.78 is 52.6. The average Bonchev–Trinajstić information content (AvgIpc) is 2.12. The maximum Gasteiger partial charge on any atom is 0.415 e. The van der Waals surface area contributed by atoms with E-state index in [1.165, 1.54) is 0 Å². The quantitative estimate of drug-likeness (QED) is 0.563. The molecule has 7 heteroatoms. The fraction of sp³-hybridized carbons (Fsp3) is 0.778. The molecule has 0 aliphatic carbocycles. The van der Waals surface area contributed by atoms with Gasteiger partial charge in [-0.15, -0.1) is 6.58 Å². The third-order valence-corrected chi connectivity index (χ3v) is 3.30. The normalized spacial score (nSPS) is 17.8. The Morgan fingerprint density at radius 1 is 1.56 bits per heavy atom. The summed E-state index contributed by atoms with van der Waals surface area (Å²) in [6.07, 6.45) is -5.71. The van der Waals surface area contributed by atoms with E-state index in [-0.39, 0.29) is 6.16 Å². The molecule has 0 spiro atoms. The van der Waals surface area contributed by atoms with Gasteiger partial charge in [-0.1, -0.05) is 19.4 Å². The molecular weight excluding hydrogens is 244 g/mol. The molecule has 0 aliphatic rings. The molecule has 0 radical (unpaired) electrons. The Morgan fingerprint density at radius 3 is 2.50 bits per heavy atom. The van der Waals surface area contributed by atoms with Crippen LogP contribution < -0.4 is 0 Å². The first kappa shape index (κ1) is 15.7. The highest BCUT2D eigenvalue weighted by molar-refractivity contribution is 7.52.